The van der Waals surface area contributed by atoms with Crippen molar-refractivity contribution in [3.8, 4) is 11.5 Å². The van der Waals surface area contributed by atoms with Gasteiger partial charge in [-0.25, -0.2) is 0 Å². The monoisotopic (exact) mass is 340 g/mol. The number of halogens is 1. The van der Waals surface area contributed by atoms with E-state index >= 15 is 0 Å². The molecule has 0 saturated carbocycles. The lowest BCUT2D eigenvalue weighted by atomic mass is 10.1. The largest absolute Gasteiger partial charge is 0.481 e. The van der Waals surface area contributed by atoms with Crippen LogP contribution in [0, 0.1) is 0 Å². The SMILES string of the molecule is CCCc1ccc(-c2nnc(SCCCC(=O)O)o2)c(Cl)c1. The van der Waals surface area contributed by atoms with E-state index in [2.05, 4.69) is 17.1 Å². The van der Waals surface area contributed by atoms with Gasteiger partial charge in [0.25, 0.3) is 5.22 Å². The van der Waals surface area contributed by atoms with Crippen LogP contribution in [0.2, 0.25) is 5.02 Å². The van der Waals surface area contributed by atoms with Gasteiger partial charge in [-0.05, 0) is 30.5 Å². The first kappa shape index (κ1) is 16.8. The minimum Gasteiger partial charge on any atom is -0.481 e. The van der Waals surface area contributed by atoms with E-state index in [0.717, 1.165) is 12.8 Å². The van der Waals surface area contributed by atoms with Gasteiger partial charge in [-0.2, -0.15) is 0 Å². The van der Waals surface area contributed by atoms with Crippen LogP contribution < -0.4 is 0 Å². The van der Waals surface area contributed by atoms with Crippen LogP contribution in [0.25, 0.3) is 11.5 Å². The number of aromatic nitrogens is 2. The molecule has 118 valence electrons. The van der Waals surface area contributed by atoms with Gasteiger partial charge in [0.05, 0.1) is 10.6 Å². The van der Waals surface area contributed by atoms with E-state index in [1.807, 2.05) is 18.2 Å². The summed E-state index contributed by atoms with van der Waals surface area (Å²) < 4.78 is 5.57. The second kappa shape index (κ2) is 8.19. The zero-order valence-corrected chi connectivity index (χ0v) is 13.8. The Morgan fingerprint density at radius 1 is 1.41 bits per heavy atom. The van der Waals surface area contributed by atoms with Crippen molar-refractivity contribution in [3.63, 3.8) is 0 Å². The lowest BCUT2D eigenvalue weighted by Crippen LogP contribution is -1.94. The maximum absolute atomic E-state index is 10.4. The van der Waals surface area contributed by atoms with E-state index in [-0.39, 0.29) is 6.42 Å². The van der Waals surface area contributed by atoms with Crippen LogP contribution in [0.1, 0.15) is 31.7 Å². The van der Waals surface area contributed by atoms with Gasteiger partial charge in [-0.15, -0.1) is 10.2 Å². The zero-order valence-electron chi connectivity index (χ0n) is 12.2. The minimum absolute atomic E-state index is 0.138. The van der Waals surface area contributed by atoms with Gasteiger partial charge in [-0.1, -0.05) is 42.8 Å². The summed E-state index contributed by atoms with van der Waals surface area (Å²) in [5.41, 5.74) is 1.89. The molecule has 2 rings (SSSR count). The van der Waals surface area contributed by atoms with Crippen LogP contribution in [-0.4, -0.2) is 27.0 Å². The molecule has 1 heterocycles. The lowest BCUT2D eigenvalue weighted by Gasteiger charge is -2.03. The minimum atomic E-state index is -0.800. The van der Waals surface area contributed by atoms with Crippen molar-refractivity contribution in [1.82, 2.24) is 10.2 Å². The summed E-state index contributed by atoms with van der Waals surface area (Å²) >= 11 is 7.62. The average Bonchev–Trinajstić information content (AvgIpc) is 2.92. The number of aryl methyl sites for hydroxylation is 1. The quantitative estimate of drug-likeness (QED) is 0.570. The normalized spacial score (nSPS) is 10.8. The van der Waals surface area contributed by atoms with E-state index in [1.165, 1.54) is 17.3 Å². The zero-order chi connectivity index (χ0) is 15.9. The molecule has 0 fully saturated rings. The van der Waals surface area contributed by atoms with Gasteiger partial charge >= 0.3 is 5.97 Å². The number of carboxylic acids is 1. The van der Waals surface area contributed by atoms with Crippen LogP contribution in [0.5, 0.6) is 0 Å². The number of thioether (sulfide) groups is 1. The van der Waals surface area contributed by atoms with Crippen molar-refractivity contribution >= 4 is 29.3 Å². The Balaban J connectivity index is 2.00. The summed E-state index contributed by atoms with van der Waals surface area (Å²) in [6, 6.07) is 5.82. The molecule has 0 amide bonds. The van der Waals surface area contributed by atoms with E-state index in [9.17, 15) is 4.79 Å². The highest BCUT2D eigenvalue weighted by Gasteiger charge is 2.13. The Labute approximate surface area is 138 Å². The van der Waals surface area contributed by atoms with E-state index in [0.29, 0.717) is 33.9 Å². The van der Waals surface area contributed by atoms with Crippen molar-refractivity contribution < 1.29 is 14.3 Å². The molecule has 0 spiro atoms. The topological polar surface area (TPSA) is 76.2 Å². The van der Waals surface area contributed by atoms with Gasteiger partial charge in [0, 0.05) is 12.2 Å². The number of nitrogens with zero attached hydrogens (tertiary/aromatic N) is 2. The number of hydrogen-bond acceptors (Lipinski definition) is 5. The van der Waals surface area contributed by atoms with Crippen molar-refractivity contribution in [2.45, 2.75) is 37.8 Å². The van der Waals surface area contributed by atoms with Gasteiger partial charge in [0.1, 0.15) is 0 Å². The summed E-state index contributed by atoms with van der Waals surface area (Å²) in [4.78, 5) is 10.4. The molecule has 7 heteroatoms. The fourth-order valence-electron chi connectivity index (χ4n) is 1.94. The smallest absolute Gasteiger partial charge is 0.303 e. The lowest BCUT2D eigenvalue weighted by molar-refractivity contribution is -0.137. The van der Waals surface area contributed by atoms with Crippen LogP contribution in [0.15, 0.2) is 27.8 Å². The fourth-order valence-corrected chi connectivity index (χ4v) is 2.92. The van der Waals surface area contributed by atoms with E-state index in [1.54, 1.807) is 0 Å². The molecule has 0 aliphatic carbocycles. The summed E-state index contributed by atoms with van der Waals surface area (Å²) in [5.74, 6) is 0.205. The Kier molecular flexibility index (Phi) is 6.27. The van der Waals surface area contributed by atoms with Gasteiger partial charge < -0.3 is 9.52 Å². The summed E-state index contributed by atoms with van der Waals surface area (Å²) in [6.45, 7) is 2.12. The summed E-state index contributed by atoms with van der Waals surface area (Å²) in [6.07, 6.45) is 2.74. The van der Waals surface area contributed by atoms with Gasteiger partial charge in [0.2, 0.25) is 5.89 Å². The molecule has 0 unspecified atom stereocenters. The molecule has 0 aliphatic heterocycles. The first-order chi connectivity index (χ1) is 10.6. The predicted molar refractivity (Wildman–Crippen MR) is 86.3 cm³/mol. The first-order valence-corrected chi connectivity index (χ1v) is 8.43. The van der Waals surface area contributed by atoms with Crippen molar-refractivity contribution in [2.24, 2.45) is 0 Å². The second-order valence-corrected chi connectivity index (χ2v) is 6.24. The maximum atomic E-state index is 10.4. The fraction of sp³-hybridized carbons (Fsp3) is 0.400. The Morgan fingerprint density at radius 3 is 2.91 bits per heavy atom. The average molecular weight is 341 g/mol. The van der Waals surface area contributed by atoms with Crippen LogP contribution in [0.3, 0.4) is 0 Å². The number of rotatable bonds is 8. The standard InChI is InChI=1S/C15H17ClN2O3S/c1-2-4-10-6-7-11(12(16)9-10)14-17-18-15(21-14)22-8-3-5-13(19)20/h6-7,9H,2-5,8H2,1H3,(H,19,20). The molecule has 2 aromatic rings. The van der Waals surface area contributed by atoms with Crippen molar-refractivity contribution in [2.75, 3.05) is 5.75 Å². The molecule has 1 aromatic carbocycles. The maximum Gasteiger partial charge on any atom is 0.303 e. The first-order valence-electron chi connectivity index (χ1n) is 7.07. The molecule has 22 heavy (non-hydrogen) atoms. The molecular formula is C15H17ClN2O3S. The van der Waals surface area contributed by atoms with Gasteiger partial charge in [0.15, 0.2) is 0 Å². The third-order valence-corrected chi connectivity index (χ3v) is 4.19. The molecule has 0 saturated heterocycles. The Hall–Kier alpha value is -1.53. The number of hydrogen-bond donors (Lipinski definition) is 1. The number of carbonyl (C=O) groups is 1. The number of benzene rings is 1. The second-order valence-electron chi connectivity index (χ2n) is 4.78. The highest BCUT2D eigenvalue weighted by molar-refractivity contribution is 7.99. The summed E-state index contributed by atoms with van der Waals surface area (Å²) in [7, 11) is 0. The Morgan fingerprint density at radius 2 is 2.23 bits per heavy atom. The molecular weight excluding hydrogens is 324 g/mol. The van der Waals surface area contributed by atoms with E-state index in [4.69, 9.17) is 21.1 Å². The predicted octanol–water partition coefficient (Wildman–Crippen LogP) is 4.30. The van der Waals surface area contributed by atoms with Crippen LogP contribution >= 0.6 is 23.4 Å². The molecule has 0 bridgehead atoms. The third-order valence-electron chi connectivity index (χ3n) is 2.97. The molecule has 1 N–H and O–H groups in total. The molecule has 5 nitrogen and oxygen atoms in total. The van der Waals surface area contributed by atoms with Gasteiger partial charge in [-0.3, -0.25) is 4.79 Å². The van der Waals surface area contributed by atoms with Crippen LogP contribution in [0.4, 0.5) is 0 Å². The van der Waals surface area contributed by atoms with E-state index < -0.39 is 5.97 Å². The highest BCUT2D eigenvalue weighted by Crippen LogP contribution is 2.30. The highest BCUT2D eigenvalue weighted by atomic mass is 35.5. The van der Waals surface area contributed by atoms with Crippen molar-refractivity contribution in [3.05, 3.63) is 28.8 Å². The van der Waals surface area contributed by atoms with Crippen molar-refractivity contribution in [1.29, 1.82) is 0 Å². The third kappa shape index (κ3) is 4.74. The summed E-state index contributed by atoms with van der Waals surface area (Å²) in [5, 5.41) is 17.5. The molecule has 0 aliphatic rings. The molecule has 0 radical (unpaired) electrons. The number of carboxylic acid groups (broad SMARTS) is 1. The molecule has 1 aromatic heterocycles. The number of aliphatic carboxylic acids is 1. The van der Waals surface area contributed by atoms with Crippen LogP contribution in [-0.2, 0) is 11.2 Å². The molecule has 0 atom stereocenters. The Bertz CT molecular complexity index is 645.